The van der Waals surface area contributed by atoms with Gasteiger partial charge in [0.2, 0.25) is 0 Å². The summed E-state index contributed by atoms with van der Waals surface area (Å²) in [7, 11) is 1.70. The summed E-state index contributed by atoms with van der Waals surface area (Å²) in [6.07, 6.45) is 0.546. The van der Waals surface area contributed by atoms with Gasteiger partial charge in [-0.25, -0.2) is 0 Å². The highest BCUT2D eigenvalue weighted by molar-refractivity contribution is 9.11. The first kappa shape index (κ1) is 16.2. The van der Waals surface area contributed by atoms with Crippen molar-refractivity contribution in [3.8, 4) is 9.75 Å². The van der Waals surface area contributed by atoms with Crippen LogP contribution in [0.3, 0.4) is 0 Å². The van der Waals surface area contributed by atoms with E-state index in [1.54, 1.807) is 23.3 Å². The average Bonchev–Trinajstić information content (AvgIpc) is 3.05. The van der Waals surface area contributed by atoms with Crippen molar-refractivity contribution in [3.63, 3.8) is 0 Å². The minimum Gasteiger partial charge on any atom is -0.481 e. The van der Waals surface area contributed by atoms with Crippen LogP contribution in [0.15, 0.2) is 28.1 Å². The van der Waals surface area contributed by atoms with Gasteiger partial charge in [0.1, 0.15) is 0 Å². The van der Waals surface area contributed by atoms with Gasteiger partial charge in [-0.3, -0.25) is 9.59 Å². The topological polar surface area (TPSA) is 57.6 Å². The number of halogens is 1. The summed E-state index contributed by atoms with van der Waals surface area (Å²) >= 11 is 6.51. The molecule has 0 aromatic carbocycles. The first-order valence-corrected chi connectivity index (χ1v) is 8.73. The predicted octanol–water partition coefficient (Wildman–Crippen LogP) is 4.18. The van der Waals surface area contributed by atoms with Crippen LogP contribution in [0.5, 0.6) is 0 Å². The zero-order valence-electron chi connectivity index (χ0n) is 11.3. The lowest BCUT2D eigenvalue weighted by atomic mass is 10.3. The summed E-state index contributed by atoms with van der Waals surface area (Å²) in [4.78, 5) is 27.2. The Morgan fingerprint density at radius 3 is 2.48 bits per heavy atom. The van der Waals surface area contributed by atoms with Gasteiger partial charge in [0.15, 0.2) is 0 Å². The van der Waals surface area contributed by atoms with Gasteiger partial charge in [0, 0.05) is 29.8 Å². The highest BCUT2D eigenvalue weighted by Gasteiger charge is 2.15. The maximum absolute atomic E-state index is 12.3. The van der Waals surface area contributed by atoms with E-state index in [0.717, 1.165) is 13.5 Å². The number of nitrogens with zero attached hydrogens (tertiary/aromatic N) is 1. The van der Waals surface area contributed by atoms with Crippen LogP contribution in [0.1, 0.15) is 22.5 Å². The molecule has 0 fully saturated rings. The van der Waals surface area contributed by atoms with Crippen LogP contribution in [-0.2, 0) is 4.79 Å². The monoisotopic (exact) mass is 387 g/mol. The van der Waals surface area contributed by atoms with Gasteiger partial charge in [-0.15, -0.1) is 22.7 Å². The van der Waals surface area contributed by atoms with Crippen molar-refractivity contribution in [2.45, 2.75) is 12.8 Å². The molecule has 0 spiro atoms. The van der Waals surface area contributed by atoms with Crippen molar-refractivity contribution < 1.29 is 14.7 Å². The van der Waals surface area contributed by atoms with E-state index in [1.165, 1.54) is 11.3 Å². The van der Waals surface area contributed by atoms with E-state index >= 15 is 0 Å². The molecular weight excluding hydrogens is 374 g/mol. The Morgan fingerprint density at radius 2 is 1.86 bits per heavy atom. The number of carboxylic acid groups (broad SMARTS) is 1. The van der Waals surface area contributed by atoms with E-state index in [0.29, 0.717) is 17.8 Å². The van der Waals surface area contributed by atoms with E-state index in [4.69, 9.17) is 5.11 Å². The third-order valence-electron chi connectivity index (χ3n) is 2.86. The molecule has 21 heavy (non-hydrogen) atoms. The first-order valence-electron chi connectivity index (χ1n) is 6.30. The van der Waals surface area contributed by atoms with E-state index in [2.05, 4.69) is 15.9 Å². The molecule has 0 bridgehead atoms. The maximum atomic E-state index is 12.3. The maximum Gasteiger partial charge on any atom is 0.303 e. The van der Waals surface area contributed by atoms with Crippen molar-refractivity contribution in [1.29, 1.82) is 0 Å². The third kappa shape index (κ3) is 4.39. The standard InChI is InChI=1S/C14H14BrNO3S2/c1-16(8-2-3-13(17)18)14(19)11-5-4-9(20-11)10-6-7-12(15)21-10/h4-7H,2-3,8H2,1H3,(H,17,18). The molecule has 2 aromatic heterocycles. The Hall–Kier alpha value is -1.18. The van der Waals surface area contributed by atoms with Crippen LogP contribution >= 0.6 is 38.6 Å². The SMILES string of the molecule is CN(CCCC(=O)O)C(=O)c1ccc(-c2ccc(Br)s2)s1. The van der Waals surface area contributed by atoms with Gasteiger partial charge < -0.3 is 10.0 Å². The molecule has 0 unspecified atom stereocenters. The van der Waals surface area contributed by atoms with Crippen LogP contribution in [0, 0.1) is 0 Å². The highest BCUT2D eigenvalue weighted by atomic mass is 79.9. The molecule has 7 heteroatoms. The Bertz CT molecular complexity index is 650. The van der Waals surface area contributed by atoms with Crippen LogP contribution in [0.2, 0.25) is 0 Å². The number of hydrogen-bond acceptors (Lipinski definition) is 4. The molecule has 1 amide bonds. The third-order valence-corrected chi connectivity index (χ3v) is 5.76. The Kier molecular flexibility index (Phi) is 5.55. The largest absolute Gasteiger partial charge is 0.481 e. The molecule has 0 saturated heterocycles. The molecule has 0 saturated carbocycles. The fourth-order valence-corrected chi connectivity index (χ4v) is 4.27. The van der Waals surface area contributed by atoms with Gasteiger partial charge in [-0.2, -0.15) is 0 Å². The van der Waals surface area contributed by atoms with Crippen molar-refractivity contribution in [2.24, 2.45) is 0 Å². The van der Waals surface area contributed by atoms with E-state index < -0.39 is 5.97 Å². The second kappa shape index (κ2) is 7.20. The molecule has 4 nitrogen and oxygen atoms in total. The number of rotatable bonds is 6. The zero-order chi connectivity index (χ0) is 15.4. The van der Waals surface area contributed by atoms with Crippen molar-refractivity contribution in [2.75, 3.05) is 13.6 Å². The first-order chi connectivity index (χ1) is 9.97. The number of thiophene rings is 2. The summed E-state index contributed by atoms with van der Waals surface area (Å²) in [6.45, 7) is 0.447. The molecule has 0 aliphatic carbocycles. The minimum atomic E-state index is -0.836. The molecule has 2 rings (SSSR count). The number of carbonyl (C=O) groups excluding carboxylic acids is 1. The predicted molar refractivity (Wildman–Crippen MR) is 89.2 cm³/mol. The van der Waals surface area contributed by atoms with Gasteiger partial charge in [-0.05, 0) is 46.6 Å². The van der Waals surface area contributed by atoms with Crippen molar-refractivity contribution >= 4 is 50.5 Å². The lowest BCUT2D eigenvalue weighted by Gasteiger charge is -2.15. The molecule has 0 radical (unpaired) electrons. The summed E-state index contributed by atoms with van der Waals surface area (Å²) in [5.74, 6) is -0.898. The summed E-state index contributed by atoms with van der Waals surface area (Å²) < 4.78 is 1.06. The molecule has 0 aliphatic heterocycles. The molecular formula is C14H14BrNO3S2. The summed E-state index contributed by atoms with van der Waals surface area (Å²) in [5, 5.41) is 8.61. The summed E-state index contributed by atoms with van der Waals surface area (Å²) in [5.41, 5.74) is 0. The highest BCUT2D eigenvalue weighted by Crippen LogP contribution is 2.35. The molecule has 2 heterocycles. The fraction of sp³-hybridized carbons (Fsp3) is 0.286. The number of aliphatic carboxylic acids is 1. The normalized spacial score (nSPS) is 10.6. The van der Waals surface area contributed by atoms with E-state index in [1.807, 2.05) is 24.3 Å². The number of carboxylic acids is 1. The molecule has 2 aromatic rings. The zero-order valence-corrected chi connectivity index (χ0v) is 14.6. The van der Waals surface area contributed by atoms with Crippen LogP contribution in [0.25, 0.3) is 9.75 Å². The van der Waals surface area contributed by atoms with Crippen molar-refractivity contribution in [3.05, 3.63) is 32.9 Å². The molecule has 1 N–H and O–H groups in total. The second-order valence-corrected chi connectivity index (χ2v) is 8.04. The van der Waals surface area contributed by atoms with Gasteiger partial charge in [0.25, 0.3) is 5.91 Å². The Balaban J connectivity index is 2.00. The van der Waals surface area contributed by atoms with Gasteiger partial charge in [0.05, 0.1) is 8.66 Å². The quantitative estimate of drug-likeness (QED) is 0.808. The molecule has 112 valence electrons. The van der Waals surface area contributed by atoms with Crippen LogP contribution in [-0.4, -0.2) is 35.5 Å². The Morgan fingerprint density at radius 1 is 1.19 bits per heavy atom. The van der Waals surface area contributed by atoms with Crippen LogP contribution < -0.4 is 0 Å². The lowest BCUT2D eigenvalue weighted by Crippen LogP contribution is -2.27. The lowest BCUT2D eigenvalue weighted by molar-refractivity contribution is -0.137. The molecule has 0 atom stereocenters. The minimum absolute atomic E-state index is 0.0627. The summed E-state index contributed by atoms with van der Waals surface area (Å²) in [6, 6.07) is 7.77. The second-order valence-electron chi connectivity index (χ2n) is 4.49. The number of carbonyl (C=O) groups is 2. The number of hydrogen-bond donors (Lipinski definition) is 1. The van der Waals surface area contributed by atoms with Gasteiger partial charge in [-0.1, -0.05) is 0 Å². The number of amides is 1. The van der Waals surface area contributed by atoms with Crippen molar-refractivity contribution in [1.82, 2.24) is 4.90 Å². The smallest absolute Gasteiger partial charge is 0.303 e. The fourth-order valence-electron chi connectivity index (χ4n) is 1.79. The average molecular weight is 388 g/mol. The van der Waals surface area contributed by atoms with Gasteiger partial charge >= 0.3 is 5.97 Å². The van der Waals surface area contributed by atoms with Crippen LogP contribution in [0.4, 0.5) is 0 Å². The van der Waals surface area contributed by atoms with E-state index in [9.17, 15) is 9.59 Å². The molecule has 0 aliphatic rings. The Labute approximate surface area is 139 Å². The van der Waals surface area contributed by atoms with E-state index in [-0.39, 0.29) is 12.3 Å².